The molecular weight excluding hydrogens is 264 g/mol. The second-order valence-electron chi connectivity index (χ2n) is 5.33. The van der Waals surface area contributed by atoms with Gasteiger partial charge in [0, 0.05) is 23.2 Å². The van der Waals surface area contributed by atoms with E-state index in [9.17, 15) is 10.1 Å². The lowest BCUT2D eigenvalue weighted by molar-refractivity contribution is -0.385. The summed E-state index contributed by atoms with van der Waals surface area (Å²) in [6, 6.07) is 4.70. The van der Waals surface area contributed by atoms with Gasteiger partial charge in [-0.1, -0.05) is 31.4 Å². The summed E-state index contributed by atoms with van der Waals surface area (Å²) in [5.41, 5.74) is 0.791. The van der Waals surface area contributed by atoms with Crippen molar-refractivity contribution in [2.45, 2.75) is 32.7 Å². The molecular formula is C14H19ClN2O2. The molecule has 1 saturated carbocycles. The van der Waals surface area contributed by atoms with Crippen LogP contribution in [0, 0.1) is 22.0 Å². The van der Waals surface area contributed by atoms with Crippen LogP contribution in [-0.4, -0.2) is 11.5 Å². The molecule has 1 fully saturated rings. The summed E-state index contributed by atoms with van der Waals surface area (Å²) in [5, 5.41) is 14.8. The topological polar surface area (TPSA) is 55.2 Å². The third kappa shape index (κ3) is 3.67. The number of nitrogens with zero attached hydrogens (tertiary/aromatic N) is 1. The molecule has 2 rings (SSSR count). The normalized spacial score (nSPS) is 22.6. The summed E-state index contributed by atoms with van der Waals surface area (Å²) < 4.78 is 0. The van der Waals surface area contributed by atoms with Crippen molar-refractivity contribution in [1.29, 1.82) is 0 Å². The number of hydrogen-bond acceptors (Lipinski definition) is 3. The summed E-state index contributed by atoms with van der Waals surface area (Å²) in [4.78, 5) is 10.6. The van der Waals surface area contributed by atoms with Gasteiger partial charge in [-0.3, -0.25) is 10.1 Å². The Labute approximate surface area is 118 Å². The molecule has 0 aromatic heterocycles. The second kappa shape index (κ2) is 6.35. The fraction of sp³-hybridized carbons (Fsp3) is 0.571. The molecule has 1 N–H and O–H groups in total. The predicted molar refractivity (Wildman–Crippen MR) is 76.3 cm³/mol. The van der Waals surface area contributed by atoms with Crippen LogP contribution in [0.5, 0.6) is 0 Å². The van der Waals surface area contributed by atoms with Crippen molar-refractivity contribution >= 4 is 17.3 Å². The first-order chi connectivity index (χ1) is 9.08. The average molecular weight is 283 g/mol. The number of nitrogens with one attached hydrogen (secondary N) is 1. The van der Waals surface area contributed by atoms with E-state index >= 15 is 0 Å². The molecule has 0 saturated heterocycles. The van der Waals surface area contributed by atoms with E-state index in [2.05, 4.69) is 12.2 Å². The SMILES string of the molecule is CC1CCCC1CNCc1cc(Cl)ccc1[N+](=O)[O-]. The molecule has 1 aliphatic carbocycles. The Morgan fingerprint density at radius 3 is 2.89 bits per heavy atom. The van der Waals surface area contributed by atoms with Gasteiger partial charge in [0.25, 0.3) is 5.69 Å². The lowest BCUT2D eigenvalue weighted by atomic mass is 9.98. The summed E-state index contributed by atoms with van der Waals surface area (Å²) >= 11 is 5.90. The lowest BCUT2D eigenvalue weighted by Crippen LogP contribution is -2.24. The number of nitro groups is 1. The number of nitro benzene ring substituents is 1. The minimum atomic E-state index is -0.356. The minimum Gasteiger partial charge on any atom is -0.312 e. The van der Waals surface area contributed by atoms with Crippen molar-refractivity contribution in [1.82, 2.24) is 5.32 Å². The van der Waals surface area contributed by atoms with Gasteiger partial charge >= 0.3 is 0 Å². The monoisotopic (exact) mass is 282 g/mol. The maximum Gasteiger partial charge on any atom is 0.273 e. The zero-order valence-electron chi connectivity index (χ0n) is 11.1. The molecule has 0 bridgehead atoms. The third-order valence-electron chi connectivity index (χ3n) is 4.00. The van der Waals surface area contributed by atoms with Gasteiger partial charge in [0.1, 0.15) is 0 Å². The van der Waals surface area contributed by atoms with E-state index < -0.39 is 0 Å². The fourth-order valence-corrected chi connectivity index (χ4v) is 2.99. The Kier molecular flexibility index (Phi) is 4.77. The van der Waals surface area contributed by atoms with E-state index in [1.165, 1.54) is 25.3 Å². The van der Waals surface area contributed by atoms with Gasteiger partial charge in [0.05, 0.1) is 4.92 Å². The van der Waals surface area contributed by atoms with Gasteiger partial charge in [-0.2, -0.15) is 0 Å². The van der Waals surface area contributed by atoms with Crippen LogP contribution in [0.2, 0.25) is 5.02 Å². The van der Waals surface area contributed by atoms with E-state index in [4.69, 9.17) is 11.6 Å². The van der Waals surface area contributed by atoms with E-state index in [0.717, 1.165) is 12.5 Å². The maximum atomic E-state index is 10.9. The number of rotatable bonds is 5. The van der Waals surface area contributed by atoms with Crippen LogP contribution in [0.1, 0.15) is 31.7 Å². The van der Waals surface area contributed by atoms with Crippen LogP contribution in [0.25, 0.3) is 0 Å². The zero-order valence-corrected chi connectivity index (χ0v) is 11.8. The van der Waals surface area contributed by atoms with Crippen molar-refractivity contribution in [2.24, 2.45) is 11.8 Å². The van der Waals surface area contributed by atoms with Crippen LogP contribution in [0.4, 0.5) is 5.69 Å². The van der Waals surface area contributed by atoms with Crippen LogP contribution >= 0.6 is 11.6 Å². The van der Waals surface area contributed by atoms with Crippen LogP contribution in [0.15, 0.2) is 18.2 Å². The highest BCUT2D eigenvalue weighted by Crippen LogP contribution is 2.30. The number of hydrogen-bond donors (Lipinski definition) is 1. The molecule has 1 aromatic rings. The van der Waals surface area contributed by atoms with Crippen molar-refractivity contribution < 1.29 is 4.92 Å². The first kappa shape index (κ1) is 14.3. The molecule has 2 unspecified atom stereocenters. The molecule has 0 heterocycles. The summed E-state index contributed by atoms with van der Waals surface area (Å²) in [7, 11) is 0. The molecule has 1 aromatic carbocycles. The Morgan fingerprint density at radius 1 is 1.47 bits per heavy atom. The summed E-state index contributed by atoms with van der Waals surface area (Å²) in [6.07, 6.45) is 3.85. The summed E-state index contributed by atoms with van der Waals surface area (Å²) in [6.45, 7) is 3.70. The molecule has 0 amide bonds. The van der Waals surface area contributed by atoms with Crippen molar-refractivity contribution in [3.63, 3.8) is 0 Å². The Bertz CT molecular complexity index is 465. The molecule has 0 spiro atoms. The largest absolute Gasteiger partial charge is 0.312 e. The lowest BCUT2D eigenvalue weighted by Gasteiger charge is -2.16. The Morgan fingerprint density at radius 2 is 2.26 bits per heavy atom. The van der Waals surface area contributed by atoms with Gasteiger partial charge < -0.3 is 5.32 Å². The van der Waals surface area contributed by atoms with Crippen LogP contribution in [0.3, 0.4) is 0 Å². The minimum absolute atomic E-state index is 0.136. The molecule has 19 heavy (non-hydrogen) atoms. The van der Waals surface area contributed by atoms with Crippen molar-refractivity contribution in [2.75, 3.05) is 6.54 Å². The highest BCUT2D eigenvalue weighted by molar-refractivity contribution is 6.30. The average Bonchev–Trinajstić information content (AvgIpc) is 2.75. The Hall–Kier alpha value is -1.13. The van der Waals surface area contributed by atoms with E-state index in [1.54, 1.807) is 12.1 Å². The van der Waals surface area contributed by atoms with Crippen LogP contribution < -0.4 is 5.32 Å². The van der Waals surface area contributed by atoms with Gasteiger partial charge in [-0.25, -0.2) is 0 Å². The quantitative estimate of drug-likeness (QED) is 0.660. The molecule has 2 atom stereocenters. The molecule has 104 valence electrons. The fourth-order valence-electron chi connectivity index (χ4n) is 2.79. The second-order valence-corrected chi connectivity index (χ2v) is 5.77. The van der Waals surface area contributed by atoms with E-state index in [-0.39, 0.29) is 10.6 Å². The number of halogens is 1. The highest BCUT2D eigenvalue weighted by atomic mass is 35.5. The zero-order chi connectivity index (χ0) is 13.8. The summed E-state index contributed by atoms with van der Waals surface area (Å²) in [5.74, 6) is 1.44. The van der Waals surface area contributed by atoms with Gasteiger partial charge in [-0.15, -0.1) is 0 Å². The first-order valence-corrected chi connectivity index (χ1v) is 7.09. The van der Waals surface area contributed by atoms with Crippen molar-refractivity contribution in [3.05, 3.63) is 38.9 Å². The first-order valence-electron chi connectivity index (χ1n) is 6.71. The van der Waals surface area contributed by atoms with Gasteiger partial charge in [0.2, 0.25) is 0 Å². The van der Waals surface area contributed by atoms with Crippen molar-refractivity contribution in [3.8, 4) is 0 Å². The van der Waals surface area contributed by atoms with E-state index in [1.807, 2.05) is 0 Å². The number of benzene rings is 1. The highest BCUT2D eigenvalue weighted by Gasteiger charge is 2.23. The standard InChI is InChI=1S/C14H19ClN2O2/c1-10-3-2-4-11(10)8-16-9-12-7-13(15)5-6-14(12)17(18)19/h5-7,10-11,16H,2-4,8-9H2,1H3. The predicted octanol–water partition coefficient (Wildman–Crippen LogP) is 3.77. The molecule has 1 aliphatic rings. The van der Waals surface area contributed by atoms with Gasteiger partial charge in [0.15, 0.2) is 0 Å². The smallest absolute Gasteiger partial charge is 0.273 e. The maximum absolute atomic E-state index is 10.9. The molecule has 0 aliphatic heterocycles. The van der Waals surface area contributed by atoms with Gasteiger partial charge in [-0.05, 0) is 36.9 Å². The molecule has 4 nitrogen and oxygen atoms in total. The Balaban J connectivity index is 1.95. The third-order valence-corrected chi connectivity index (χ3v) is 4.23. The molecule has 0 radical (unpaired) electrons. The molecule has 5 heteroatoms. The van der Waals surface area contributed by atoms with E-state index in [0.29, 0.717) is 23.0 Å². The van der Waals surface area contributed by atoms with Crippen LogP contribution in [-0.2, 0) is 6.54 Å².